The smallest absolute Gasteiger partial charge is 0.172 e. The standard InChI is InChI=1S/C13H21N3O2/c1-10(2)18-9-8-16(3)12-7-5-4-6-11(12)13(14)15-17/h4-7,10,17H,8-9H2,1-3H3,(H2,14,15). The molecule has 0 aliphatic heterocycles. The molecule has 1 aromatic carbocycles. The summed E-state index contributed by atoms with van der Waals surface area (Å²) in [4.78, 5) is 2.02. The number of benzene rings is 1. The summed E-state index contributed by atoms with van der Waals surface area (Å²) in [6.07, 6.45) is 0.220. The Morgan fingerprint density at radius 2 is 2.11 bits per heavy atom. The molecule has 100 valence electrons. The monoisotopic (exact) mass is 251 g/mol. The summed E-state index contributed by atoms with van der Waals surface area (Å²) in [7, 11) is 1.95. The van der Waals surface area contributed by atoms with Gasteiger partial charge in [-0.1, -0.05) is 17.3 Å². The van der Waals surface area contributed by atoms with Crippen LogP contribution in [-0.2, 0) is 4.74 Å². The normalized spacial score (nSPS) is 11.9. The Kier molecular flexibility index (Phi) is 5.45. The quantitative estimate of drug-likeness (QED) is 0.349. The van der Waals surface area contributed by atoms with Crippen LogP contribution in [0.25, 0.3) is 0 Å². The lowest BCUT2D eigenvalue weighted by atomic mass is 10.1. The Balaban J connectivity index is 2.76. The number of hydrogen-bond acceptors (Lipinski definition) is 4. The molecule has 0 amide bonds. The van der Waals surface area contributed by atoms with Gasteiger partial charge < -0.3 is 20.6 Å². The minimum atomic E-state index is 0.113. The van der Waals surface area contributed by atoms with E-state index in [-0.39, 0.29) is 11.9 Å². The maximum absolute atomic E-state index is 8.76. The van der Waals surface area contributed by atoms with Crippen molar-refractivity contribution in [2.24, 2.45) is 10.9 Å². The second-order valence-corrected chi connectivity index (χ2v) is 4.34. The summed E-state index contributed by atoms with van der Waals surface area (Å²) >= 11 is 0. The van der Waals surface area contributed by atoms with Crippen LogP contribution in [0.15, 0.2) is 29.4 Å². The molecule has 0 atom stereocenters. The van der Waals surface area contributed by atoms with E-state index in [4.69, 9.17) is 15.7 Å². The van der Waals surface area contributed by atoms with Gasteiger partial charge in [-0.3, -0.25) is 0 Å². The van der Waals surface area contributed by atoms with Gasteiger partial charge >= 0.3 is 0 Å². The molecule has 5 nitrogen and oxygen atoms in total. The molecular formula is C13H21N3O2. The van der Waals surface area contributed by atoms with E-state index in [1.54, 1.807) is 0 Å². The molecule has 0 spiro atoms. The first-order valence-corrected chi connectivity index (χ1v) is 5.96. The molecule has 1 rings (SSSR count). The topological polar surface area (TPSA) is 71.1 Å². The van der Waals surface area contributed by atoms with Crippen molar-refractivity contribution < 1.29 is 9.94 Å². The van der Waals surface area contributed by atoms with Crippen LogP contribution in [0.3, 0.4) is 0 Å². The number of nitrogens with zero attached hydrogens (tertiary/aromatic N) is 2. The van der Waals surface area contributed by atoms with Crippen molar-refractivity contribution in [1.82, 2.24) is 0 Å². The van der Waals surface area contributed by atoms with Crippen LogP contribution in [0.2, 0.25) is 0 Å². The number of rotatable bonds is 6. The van der Waals surface area contributed by atoms with Gasteiger partial charge in [-0.05, 0) is 26.0 Å². The third-order valence-corrected chi connectivity index (χ3v) is 2.58. The van der Waals surface area contributed by atoms with Crippen molar-refractivity contribution >= 4 is 11.5 Å². The first-order chi connectivity index (χ1) is 8.56. The Labute approximate surface area is 108 Å². The molecule has 0 aliphatic carbocycles. The van der Waals surface area contributed by atoms with Crippen LogP contribution in [0.4, 0.5) is 5.69 Å². The molecule has 0 aliphatic rings. The first-order valence-electron chi connectivity index (χ1n) is 5.96. The molecule has 0 fully saturated rings. The molecule has 0 heterocycles. The Hall–Kier alpha value is -1.75. The van der Waals surface area contributed by atoms with E-state index in [1.165, 1.54) is 0 Å². The van der Waals surface area contributed by atoms with E-state index in [0.717, 1.165) is 12.2 Å². The third kappa shape index (κ3) is 3.92. The van der Waals surface area contributed by atoms with E-state index >= 15 is 0 Å². The molecule has 0 bridgehead atoms. The molecule has 0 radical (unpaired) electrons. The van der Waals surface area contributed by atoms with Crippen LogP contribution in [-0.4, -0.2) is 37.3 Å². The Morgan fingerprint density at radius 1 is 1.44 bits per heavy atom. The predicted octanol–water partition coefficient (Wildman–Crippen LogP) is 1.64. The van der Waals surface area contributed by atoms with Gasteiger partial charge in [-0.15, -0.1) is 0 Å². The third-order valence-electron chi connectivity index (χ3n) is 2.58. The second-order valence-electron chi connectivity index (χ2n) is 4.34. The zero-order valence-corrected chi connectivity index (χ0v) is 11.1. The second kappa shape index (κ2) is 6.86. The highest BCUT2D eigenvalue weighted by molar-refractivity contribution is 6.02. The molecule has 0 saturated carbocycles. The van der Waals surface area contributed by atoms with Crippen LogP contribution < -0.4 is 10.6 Å². The number of hydrogen-bond donors (Lipinski definition) is 2. The van der Waals surface area contributed by atoms with Crippen LogP contribution in [0.5, 0.6) is 0 Å². The average Bonchev–Trinajstić information content (AvgIpc) is 2.37. The summed E-state index contributed by atoms with van der Waals surface area (Å²) in [5.41, 5.74) is 7.28. The van der Waals surface area contributed by atoms with Crippen LogP contribution in [0.1, 0.15) is 19.4 Å². The maximum atomic E-state index is 8.76. The Bertz CT molecular complexity index is 405. The minimum absolute atomic E-state index is 0.113. The van der Waals surface area contributed by atoms with Crippen molar-refractivity contribution in [3.05, 3.63) is 29.8 Å². The fraction of sp³-hybridized carbons (Fsp3) is 0.462. The average molecular weight is 251 g/mol. The van der Waals surface area contributed by atoms with Gasteiger partial charge in [0.2, 0.25) is 0 Å². The van der Waals surface area contributed by atoms with Crippen molar-refractivity contribution in [3.8, 4) is 0 Å². The van der Waals surface area contributed by atoms with E-state index in [1.807, 2.05) is 50.1 Å². The van der Waals surface area contributed by atoms with E-state index in [9.17, 15) is 0 Å². The fourth-order valence-corrected chi connectivity index (χ4v) is 1.62. The first kappa shape index (κ1) is 14.3. The summed E-state index contributed by atoms with van der Waals surface area (Å²) in [5.74, 6) is 0.113. The SMILES string of the molecule is CC(C)OCCN(C)c1ccccc1/C(N)=N/O. The lowest BCUT2D eigenvalue weighted by Gasteiger charge is -2.22. The zero-order valence-electron chi connectivity index (χ0n) is 11.1. The van der Waals surface area contributed by atoms with Crippen molar-refractivity contribution in [3.63, 3.8) is 0 Å². The van der Waals surface area contributed by atoms with Gasteiger partial charge in [0.05, 0.1) is 12.7 Å². The van der Waals surface area contributed by atoms with Crippen molar-refractivity contribution in [2.75, 3.05) is 25.1 Å². The van der Waals surface area contributed by atoms with Gasteiger partial charge in [-0.25, -0.2) is 0 Å². The fourth-order valence-electron chi connectivity index (χ4n) is 1.62. The number of likely N-dealkylation sites (N-methyl/N-ethyl adjacent to an activating group) is 1. The lowest BCUT2D eigenvalue weighted by molar-refractivity contribution is 0.0846. The highest BCUT2D eigenvalue weighted by atomic mass is 16.5. The zero-order chi connectivity index (χ0) is 13.5. The largest absolute Gasteiger partial charge is 0.409 e. The number of ether oxygens (including phenoxy) is 1. The van der Waals surface area contributed by atoms with Gasteiger partial charge in [0.25, 0.3) is 0 Å². The summed E-state index contributed by atoms with van der Waals surface area (Å²) < 4.78 is 5.51. The van der Waals surface area contributed by atoms with Gasteiger partial charge in [0.1, 0.15) is 0 Å². The lowest BCUT2D eigenvalue weighted by Crippen LogP contribution is -2.27. The number of oxime groups is 1. The van der Waals surface area contributed by atoms with Crippen LogP contribution in [0, 0.1) is 0 Å². The molecular weight excluding hydrogens is 230 g/mol. The van der Waals surface area contributed by atoms with Crippen LogP contribution >= 0.6 is 0 Å². The van der Waals surface area contributed by atoms with Gasteiger partial charge in [0.15, 0.2) is 5.84 Å². The molecule has 0 saturated heterocycles. The Morgan fingerprint density at radius 3 is 2.72 bits per heavy atom. The number of nitrogens with two attached hydrogens (primary N) is 1. The molecule has 3 N–H and O–H groups in total. The van der Waals surface area contributed by atoms with Crippen molar-refractivity contribution in [1.29, 1.82) is 0 Å². The van der Waals surface area contributed by atoms with Gasteiger partial charge in [-0.2, -0.15) is 0 Å². The summed E-state index contributed by atoms with van der Waals surface area (Å²) in [5, 5.41) is 11.8. The van der Waals surface area contributed by atoms with Gasteiger partial charge in [0, 0.05) is 24.8 Å². The molecule has 5 heteroatoms. The number of anilines is 1. The van der Waals surface area contributed by atoms with Crippen molar-refractivity contribution in [2.45, 2.75) is 20.0 Å². The minimum Gasteiger partial charge on any atom is -0.409 e. The van der Waals surface area contributed by atoms with E-state index in [2.05, 4.69) is 5.16 Å². The number of para-hydroxylation sites is 1. The molecule has 0 aromatic heterocycles. The molecule has 0 unspecified atom stereocenters. The highest BCUT2D eigenvalue weighted by Gasteiger charge is 2.10. The van der Waals surface area contributed by atoms with E-state index in [0.29, 0.717) is 12.2 Å². The molecule has 18 heavy (non-hydrogen) atoms. The predicted molar refractivity (Wildman–Crippen MR) is 73.3 cm³/mol. The maximum Gasteiger partial charge on any atom is 0.172 e. The summed E-state index contributed by atoms with van der Waals surface area (Å²) in [6, 6.07) is 7.53. The number of amidine groups is 1. The van der Waals surface area contributed by atoms with E-state index < -0.39 is 0 Å². The molecule has 1 aromatic rings. The summed E-state index contributed by atoms with van der Waals surface area (Å²) in [6.45, 7) is 5.39. The highest BCUT2D eigenvalue weighted by Crippen LogP contribution is 2.18.